The molecule has 1 aliphatic rings. The van der Waals surface area contributed by atoms with Crippen molar-refractivity contribution in [3.63, 3.8) is 0 Å². The topological polar surface area (TPSA) is 29.5 Å². The number of ether oxygens (including phenoxy) is 1. The van der Waals surface area contributed by atoms with Crippen LogP contribution in [0.3, 0.4) is 0 Å². The third kappa shape index (κ3) is 4.62. The van der Waals surface area contributed by atoms with Gasteiger partial charge in [-0.1, -0.05) is 18.2 Å². The third-order valence-electron chi connectivity index (χ3n) is 4.08. The minimum absolute atomic E-state index is 0.00473. The molecule has 1 unspecified atom stereocenters. The molecule has 1 aromatic carbocycles. The maximum Gasteiger partial charge on any atom is 0.408 e. The number of hydrogen-bond acceptors (Lipinski definition) is 2. The van der Waals surface area contributed by atoms with E-state index in [1.165, 1.54) is 0 Å². The average Bonchev–Trinajstić information content (AvgIpc) is 2.53. The Morgan fingerprint density at radius 1 is 1.30 bits per heavy atom. The first-order valence-electron chi connectivity index (χ1n) is 8.00. The predicted octanol–water partition coefficient (Wildman–Crippen LogP) is 3.96. The van der Waals surface area contributed by atoms with Crippen molar-refractivity contribution in [3.05, 3.63) is 29.8 Å². The molecular weight excluding hydrogens is 307 g/mol. The molecule has 0 bridgehead atoms. The van der Waals surface area contributed by atoms with Gasteiger partial charge in [0.05, 0.1) is 6.61 Å². The molecule has 0 aliphatic carbocycles. The molecule has 1 heterocycles. The van der Waals surface area contributed by atoms with Crippen molar-refractivity contribution in [1.82, 2.24) is 4.90 Å². The lowest BCUT2D eigenvalue weighted by molar-refractivity contribution is -0.195. The maximum atomic E-state index is 13.1. The van der Waals surface area contributed by atoms with E-state index in [1.54, 1.807) is 0 Å². The van der Waals surface area contributed by atoms with E-state index < -0.39 is 18.1 Å². The summed E-state index contributed by atoms with van der Waals surface area (Å²) in [5.41, 5.74) is 0.850. The fraction of sp³-hybridized carbons (Fsp3) is 0.588. The highest BCUT2D eigenvalue weighted by molar-refractivity contribution is 5.77. The van der Waals surface area contributed by atoms with Crippen molar-refractivity contribution in [3.8, 4) is 5.75 Å². The summed E-state index contributed by atoms with van der Waals surface area (Å²) >= 11 is 0. The van der Waals surface area contributed by atoms with Crippen molar-refractivity contribution in [2.75, 3.05) is 13.2 Å². The number of benzene rings is 1. The number of halogens is 3. The second-order valence-corrected chi connectivity index (χ2v) is 5.68. The average molecular weight is 329 g/mol. The first-order chi connectivity index (χ1) is 10.9. The van der Waals surface area contributed by atoms with Crippen LogP contribution in [-0.4, -0.2) is 36.2 Å². The normalized spacial score (nSPS) is 18.8. The first kappa shape index (κ1) is 17.6. The molecule has 1 atom stereocenters. The largest absolute Gasteiger partial charge is 0.494 e. The van der Waals surface area contributed by atoms with Gasteiger partial charge >= 0.3 is 6.18 Å². The molecule has 128 valence electrons. The van der Waals surface area contributed by atoms with Crippen molar-refractivity contribution >= 4 is 5.91 Å². The van der Waals surface area contributed by atoms with Gasteiger partial charge in [-0.25, -0.2) is 0 Å². The van der Waals surface area contributed by atoms with E-state index in [-0.39, 0.29) is 19.4 Å². The summed E-state index contributed by atoms with van der Waals surface area (Å²) in [4.78, 5) is 13.3. The lowest BCUT2D eigenvalue weighted by Gasteiger charge is -2.36. The van der Waals surface area contributed by atoms with Crippen LogP contribution in [0.5, 0.6) is 5.75 Å². The van der Waals surface area contributed by atoms with Gasteiger partial charge < -0.3 is 9.64 Å². The van der Waals surface area contributed by atoms with Crippen LogP contribution in [0.4, 0.5) is 13.2 Å². The van der Waals surface area contributed by atoms with Gasteiger partial charge in [0.15, 0.2) is 0 Å². The van der Waals surface area contributed by atoms with Crippen molar-refractivity contribution in [1.29, 1.82) is 0 Å². The molecule has 3 nitrogen and oxygen atoms in total. The zero-order valence-corrected chi connectivity index (χ0v) is 13.2. The SMILES string of the molecule is CCOc1ccccc1CCC(=O)N1CCCCC1C(F)(F)F. The smallest absolute Gasteiger partial charge is 0.408 e. The minimum atomic E-state index is -4.35. The Morgan fingerprint density at radius 2 is 2.04 bits per heavy atom. The zero-order chi connectivity index (χ0) is 16.9. The molecule has 6 heteroatoms. The number of piperidine rings is 1. The Hall–Kier alpha value is -1.72. The van der Waals surface area contributed by atoms with Gasteiger partial charge in [-0.15, -0.1) is 0 Å². The Bertz CT molecular complexity index is 531. The molecule has 0 saturated carbocycles. The Labute approximate surface area is 134 Å². The first-order valence-corrected chi connectivity index (χ1v) is 8.00. The molecule has 0 aromatic heterocycles. The van der Waals surface area contributed by atoms with E-state index in [2.05, 4.69) is 0 Å². The molecule has 0 spiro atoms. The monoisotopic (exact) mass is 329 g/mol. The number of hydrogen-bond donors (Lipinski definition) is 0. The molecule has 1 saturated heterocycles. The van der Waals surface area contributed by atoms with Gasteiger partial charge in [-0.3, -0.25) is 4.79 Å². The van der Waals surface area contributed by atoms with E-state index >= 15 is 0 Å². The zero-order valence-electron chi connectivity index (χ0n) is 13.2. The van der Waals surface area contributed by atoms with E-state index in [1.807, 2.05) is 31.2 Å². The fourth-order valence-electron chi connectivity index (χ4n) is 2.96. The number of alkyl halides is 3. The Kier molecular flexibility index (Phi) is 5.91. The predicted molar refractivity (Wildman–Crippen MR) is 81.3 cm³/mol. The summed E-state index contributed by atoms with van der Waals surface area (Å²) in [5, 5.41) is 0. The number of carbonyl (C=O) groups is 1. The Morgan fingerprint density at radius 3 is 2.74 bits per heavy atom. The highest BCUT2D eigenvalue weighted by Crippen LogP contribution is 2.32. The lowest BCUT2D eigenvalue weighted by Crippen LogP contribution is -2.51. The van der Waals surface area contributed by atoms with Crippen LogP contribution in [0.1, 0.15) is 38.2 Å². The summed E-state index contributed by atoms with van der Waals surface area (Å²) in [7, 11) is 0. The number of para-hydroxylation sites is 1. The molecule has 1 amide bonds. The van der Waals surface area contributed by atoms with Crippen molar-refractivity contribution in [2.45, 2.75) is 51.2 Å². The summed E-state index contributed by atoms with van der Waals surface area (Å²) in [6.07, 6.45) is -2.74. The Balaban J connectivity index is 2.01. The second kappa shape index (κ2) is 7.70. The van der Waals surface area contributed by atoms with Crippen LogP contribution in [0.2, 0.25) is 0 Å². The van der Waals surface area contributed by atoms with E-state index in [0.717, 1.165) is 10.5 Å². The van der Waals surface area contributed by atoms with Crippen LogP contribution >= 0.6 is 0 Å². The third-order valence-corrected chi connectivity index (χ3v) is 4.08. The van der Waals surface area contributed by atoms with Crippen molar-refractivity contribution in [2.24, 2.45) is 0 Å². The molecule has 1 aliphatic heterocycles. The molecule has 1 aromatic rings. The summed E-state index contributed by atoms with van der Waals surface area (Å²) in [6.45, 7) is 2.56. The standard InChI is InChI=1S/C17H22F3NO2/c1-2-23-14-8-4-3-7-13(14)10-11-16(22)21-12-6-5-9-15(21)17(18,19)20/h3-4,7-8,15H,2,5-6,9-12H2,1H3. The van der Waals surface area contributed by atoms with Gasteiger partial charge in [0.2, 0.25) is 5.91 Å². The van der Waals surface area contributed by atoms with Crippen LogP contribution in [0.15, 0.2) is 24.3 Å². The van der Waals surface area contributed by atoms with Crippen LogP contribution in [0.25, 0.3) is 0 Å². The van der Waals surface area contributed by atoms with E-state index in [4.69, 9.17) is 4.74 Å². The summed E-state index contributed by atoms with van der Waals surface area (Å²) in [6, 6.07) is 5.69. The highest BCUT2D eigenvalue weighted by Gasteiger charge is 2.45. The number of nitrogens with zero attached hydrogens (tertiary/aromatic N) is 1. The van der Waals surface area contributed by atoms with Gasteiger partial charge in [-0.05, 0) is 44.2 Å². The van der Waals surface area contributed by atoms with Crippen molar-refractivity contribution < 1.29 is 22.7 Å². The number of aryl methyl sites for hydroxylation is 1. The van der Waals surface area contributed by atoms with E-state index in [0.29, 0.717) is 31.6 Å². The summed E-state index contributed by atoms with van der Waals surface area (Å²) in [5.74, 6) is 0.257. The highest BCUT2D eigenvalue weighted by atomic mass is 19.4. The maximum absolute atomic E-state index is 13.1. The molecule has 23 heavy (non-hydrogen) atoms. The summed E-state index contributed by atoms with van der Waals surface area (Å²) < 4.78 is 44.7. The number of likely N-dealkylation sites (tertiary alicyclic amines) is 1. The van der Waals surface area contributed by atoms with Crippen LogP contribution in [-0.2, 0) is 11.2 Å². The van der Waals surface area contributed by atoms with Crippen LogP contribution in [0, 0.1) is 0 Å². The number of amides is 1. The number of rotatable bonds is 5. The number of carbonyl (C=O) groups excluding carboxylic acids is 1. The van der Waals surface area contributed by atoms with Gasteiger partial charge in [-0.2, -0.15) is 13.2 Å². The van der Waals surface area contributed by atoms with Crippen LogP contribution < -0.4 is 4.74 Å². The molecule has 2 rings (SSSR count). The van der Waals surface area contributed by atoms with Gasteiger partial charge in [0.25, 0.3) is 0 Å². The van der Waals surface area contributed by atoms with Gasteiger partial charge in [0, 0.05) is 13.0 Å². The second-order valence-electron chi connectivity index (χ2n) is 5.68. The van der Waals surface area contributed by atoms with Gasteiger partial charge in [0.1, 0.15) is 11.8 Å². The minimum Gasteiger partial charge on any atom is -0.494 e. The molecule has 0 radical (unpaired) electrons. The molecule has 1 fully saturated rings. The molecular formula is C17H22F3NO2. The lowest BCUT2D eigenvalue weighted by atomic mass is 10.00. The quantitative estimate of drug-likeness (QED) is 0.818. The van der Waals surface area contributed by atoms with E-state index in [9.17, 15) is 18.0 Å². The molecule has 0 N–H and O–H groups in total. The fourth-order valence-corrected chi connectivity index (χ4v) is 2.96.